The molecule has 22 heavy (non-hydrogen) atoms. The van der Waals surface area contributed by atoms with Crippen LogP contribution in [0, 0.1) is 13.8 Å². The molecule has 2 heterocycles. The summed E-state index contributed by atoms with van der Waals surface area (Å²) in [5.74, 6) is 1.53. The number of hydrogen-bond acceptors (Lipinski definition) is 5. The zero-order valence-electron chi connectivity index (χ0n) is 13.3. The molecule has 1 aliphatic heterocycles. The summed E-state index contributed by atoms with van der Waals surface area (Å²) in [5, 5.41) is 3.32. The molecule has 5 nitrogen and oxygen atoms in total. The first-order chi connectivity index (χ1) is 10.6. The van der Waals surface area contributed by atoms with Crippen LogP contribution in [0.4, 0.5) is 23.0 Å². The maximum atomic E-state index is 6.30. The highest BCUT2D eigenvalue weighted by molar-refractivity contribution is 5.78. The third kappa shape index (κ3) is 2.98. The van der Waals surface area contributed by atoms with Crippen LogP contribution >= 0.6 is 0 Å². The molecule has 0 bridgehead atoms. The van der Waals surface area contributed by atoms with E-state index in [1.54, 1.807) is 6.33 Å². The summed E-state index contributed by atoms with van der Waals surface area (Å²) >= 11 is 0. The molecule has 1 saturated heterocycles. The summed E-state index contributed by atoms with van der Waals surface area (Å²) in [4.78, 5) is 10.9. The second-order valence-electron chi connectivity index (χ2n) is 5.93. The van der Waals surface area contributed by atoms with Crippen LogP contribution in [0.1, 0.15) is 30.4 Å². The Morgan fingerprint density at radius 3 is 2.55 bits per heavy atom. The van der Waals surface area contributed by atoms with E-state index in [0.717, 1.165) is 24.6 Å². The van der Waals surface area contributed by atoms with Gasteiger partial charge >= 0.3 is 0 Å². The number of hydrogen-bond donors (Lipinski definition) is 2. The van der Waals surface area contributed by atoms with Crippen LogP contribution in [-0.2, 0) is 0 Å². The van der Waals surface area contributed by atoms with Crippen LogP contribution in [-0.4, -0.2) is 23.1 Å². The molecule has 1 aliphatic rings. The molecule has 0 radical (unpaired) electrons. The fourth-order valence-electron chi connectivity index (χ4n) is 2.80. The van der Waals surface area contributed by atoms with Gasteiger partial charge in [-0.25, -0.2) is 9.97 Å². The molecule has 1 aromatic heterocycles. The molecule has 3 rings (SSSR count). The lowest BCUT2D eigenvalue weighted by atomic mass is 10.1. The van der Waals surface area contributed by atoms with Gasteiger partial charge in [0, 0.05) is 18.8 Å². The number of nitrogens with one attached hydrogen (secondary N) is 1. The number of rotatable bonds is 3. The maximum absolute atomic E-state index is 6.30. The van der Waals surface area contributed by atoms with Gasteiger partial charge in [0.15, 0.2) is 11.6 Å². The van der Waals surface area contributed by atoms with Gasteiger partial charge in [0.1, 0.15) is 12.0 Å². The van der Waals surface area contributed by atoms with E-state index in [1.165, 1.54) is 30.4 Å². The summed E-state index contributed by atoms with van der Waals surface area (Å²) in [6.07, 6.45) is 5.27. The Morgan fingerprint density at radius 2 is 1.82 bits per heavy atom. The first-order valence-electron chi connectivity index (χ1n) is 7.85. The van der Waals surface area contributed by atoms with E-state index < -0.39 is 0 Å². The molecule has 2 aromatic rings. The number of nitrogen functional groups attached to an aromatic ring is 1. The molecule has 1 aromatic carbocycles. The number of nitrogens with two attached hydrogens (primary N) is 1. The zero-order chi connectivity index (χ0) is 15.5. The van der Waals surface area contributed by atoms with E-state index in [-0.39, 0.29) is 0 Å². The predicted molar refractivity (Wildman–Crippen MR) is 91.7 cm³/mol. The van der Waals surface area contributed by atoms with E-state index >= 15 is 0 Å². The van der Waals surface area contributed by atoms with Crippen molar-refractivity contribution in [3.8, 4) is 0 Å². The Bertz CT molecular complexity index is 662. The van der Waals surface area contributed by atoms with Crippen LogP contribution in [0.3, 0.4) is 0 Å². The minimum Gasteiger partial charge on any atom is -0.393 e. The lowest BCUT2D eigenvalue weighted by Crippen LogP contribution is -2.31. The Balaban J connectivity index is 1.86. The average molecular weight is 297 g/mol. The van der Waals surface area contributed by atoms with E-state index in [9.17, 15) is 0 Å². The van der Waals surface area contributed by atoms with Crippen molar-refractivity contribution in [2.45, 2.75) is 33.1 Å². The summed E-state index contributed by atoms with van der Waals surface area (Å²) < 4.78 is 0. The van der Waals surface area contributed by atoms with Crippen LogP contribution in [0.5, 0.6) is 0 Å². The van der Waals surface area contributed by atoms with Gasteiger partial charge in [-0.1, -0.05) is 6.07 Å². The molecule has 116 valence electrons. The highest BCUT2D eigenvalue weighted by Crippen LogP contribution is 2.30. The van der Waals surface area contributed by atoms with E-state index in [1.807, 2.05) is 6.07 Å². The highest BCUT2D eigenvalue weighted by Gasteiger charge is 2.17. The summed E-state index contributed by atoms with van der Waals surface area (Å²) in [6, 6.07) is 6.25. The Labute approximate surface area is 131 Å². The molecule has 0 saturated carbocycles. The number of aryl methyl sites for hydroxylation is 2. The lowest BCUT2D eigenvalue weighted by Gasteiger charge is -2.28. The van der Waals surface area contributed by atoms with Crippen LogP contribution in [0.2, 0.25) is 0 Å². The SMILES string of the molecule is Cc1ccc(Nc2ncnc(N3CCCCC3)c2N)cc1C. The number of nitrogens with zero attached hydrogens (tertiary/aromatic N) is 3. The lowest BCUT2D eigenvalue weighted by molar-refractivity contribution is 0.574. The Hall–Kier alpha value is -2.30. The number of aromatic nitrogens is 2. The van der Waals surface area contributed by atoms with Gasteiger partial charge in [-0.05, 0) is 56.4 Å². The smallest absolute Gasteiger partial charge is 0.159 e. The van der Waals surface area contributed by atoms with Crippen molar-refractivity contribution in [1.29, 1.82) is 0 Å². The third-order valence-electron chi connectivity index (χ3n) is 4.29. The summed E-state index contributed by atoms with van der Waals surface area (Å²) in [6.45, 7) is 6.24. The molecular weight excluding hydrogens is 274 g/mol. The zero-order valence-corrected chi connectivity index (χ0v) is 13.3. The molecule has 0 unspecified atom stereocenters. The van der Waals surface area contributed by atoms with Gasteiger partial charge in [-0.15, -0.1) is 0 Å². The fourth-order valence-corrected chi connectivity index (χ4v) is 2.80. The minimum absolute atomic E-state index is 0.627. The summed E-state index contributed by atoms with van der Waals surface area (Å²) in [5.41, 5.74) is 10.4. The van der Waals surface area contributed by atoms with Crippen molar-refractivity contribution >= 4 is 23.0 Å². The molecule has 0 amide bonds. The molecule has 0 aliphatic carbocycles. The molecular formula is C17H23N5. The molecule has 0 spiro atoms. The second-order valence-corrected chi connectivity index (χ2v) is 5.93. The number of piperidine rings is 1. The fraction of sp³-hybridized carbons (Fsp3) is 0.412. The first kappa shape index (κ1) is 14.6. The van der Waals surface area contributed by atoms with Gasteiger partial charge in [-0.2, -0.15) is 0 Å². The van der Waals surface area contributed by atoms with Crippen molar-refractivity contribution in [3.63, 3.8) is 0 Å². The quantitative estimate of drug-likeness (QED) is 0.908. The maximum Gasteiger partial charge on any atom is 0.159 e. The van der Waals surface area contributed by atoms with Gasteiger partial charge in [-0.3, -0.25) is 0 Å². The summed E-state index contributed by atoms with van der Waals surface area (Å²) in [7, 11) is 0. The van der Waals surface area contributed by atoms with E-state index in [0.29, 0.717) is 11.5 Å². The minimum atomic E-state index is 0.627. The molecule has 3 N–H and O–H groups in total. The first-order valence-corrected chi connectivity index (χ1v) is 7.85. The van der Waals surface area contributed by atoms with Crippen molar-refractivity contribution in [2.75, 3.05) is 29.0 Å². The van der Waals surface area contributed by atoms with Crippen LogP contribution in [0.25, 0.3) is 0 Å². The van der Waals surface area contributed by atoms with E-state index in [2.05, 4.69) is 46.2 Å². The number of anilines is 4. The second kappa shape index (κ2) is 6.22. The van der Waals surface area contributed by atoms with Crippen molar-refractivity contribution in [1.82, 2.24) is 9.97 Å². The third-order valence-corrected chi connectivity index (χ3v) is 4.29. The van der Waals surface area contributed by atoms with Crippen molar-refractivity contribution < 1.29 is 0 Å². The molecule has 1 fully saturated rings. The van der Waals surface area contributed by atoms with Crippen molar-refractivity contribution in [2.24, 2.45) is 0 Å². The topological polar surface area (TPSA) is 67.1 Å². The standard InChI is InChI=1S/C17H23N5/c1-12-6-7-14(10-13(12)2)21-16-15(18)17(20-11-19-16)22-8-4-3-5-9-22/h6-7,10-11H,3-5,8-9,18H2,1-2H3,(H,19,20,21). The van der Waals surface area contributed by atoms with Crippen molar-refractivity contribution in [3.05, 3.63) is 35.7 Å². The van der Waals surface area contributed by atoms with Gasteiger partial charge < -0.3 is 16.0 Å². The van der Waals surface area contributed by atoms with Gasteiger partial charge in [0.25, 0.3) is 0 Å². The monoisotopic (exact) mass is 297 g/mol. The average Bonchev–Trinajstić information content (AvgIpc) is 2.54. The van der Waals surface area contributed by atoms with Crippen LogP contribution < -0.4 is 16.0 Å². The Kier molecular flexibility index (Phi) is 4.13. The van der Waals surface area contributed by atoms with E-state index in [4.69, 9.17) is 5.73 Å². The van der Waals surface area contributed by atoms with Gasteiger partial charge in [0.05, 0.1) is 0 Å². The highest BCUT2D eigenvalue weighted by atomic mass is 15.2. The largest absolute Gasteiger partial charge is 0.393 e. The Morgan fingerprint density at radius 1 is 1.05 bits per heavy atom. The predicted octanol–water partition coefficient (Wildman–Crippen LogP) is 3.41. The van der Waals surface area contributed by atoms with Crippen LogP contribution in [0.15, 0.2) is 24.5 Å². The normalized spacial score (nSPS) is 14.9. The van der Waals surface area contributed by atoms with Gasteiger partial charge in [0.2, 0.25) is 0 Å². The molecule has 5 heteroatoms. The number of benzene rings is 1. The molecule has 0 atom stereocenters.